The first-order chi connectivity index (χ1) is 8.86. The van der Waals surface area contributed by atoms with Gasteiger partial charge in [0.1, 0.15) is 0 Å². The van der Waals surface area contributed by atoms with E-state index in [-0.39, 0.29) is 0 Å². The Kier molecular flexibility index (Phi) is 6.33. The number of hydrogen-bond acceptors (Lipinski definition) is 3. The van der Waals surface area contributed by atoms with Crippen LogP contribution < -0.4 is 5.73 Å². The molecule has 0 radical (unpaired) electrons. The number of nitrogens with zero attached hydrogens (tertiary/aromatic N) is 1. The lowest BCUT2D eigenvalue weighted by molar-refractivity contribution is 0.0274. The predicted molar refractivity (Wildman–Crippen MR) is 82.1 cm³/mol. The Hall–Kier alpha value is 0.270. The van der Waals surface area contributed by atoms with Gasteiger partial charge < -0.3 is 5.73 Å². The van der Waals surface area contributed by atoms with E-state index in [9.17, 15) is 0 Å². The largest absolute Gasteiger partial charge is 0.329 e. The van der Waals surface area contributed by atoms with Crippen LogP contribution in [0.4, 0.5) is 0 Å². The van der Waals surface area contributed by atoms with Crippen molar-refractivity contribution >= 4 is 11.8 Å². The predicted octanol–water partition coefficient (Wildman–Crippen LogP) is 3.11. The van der Waals surface area contributed by atoms with E-state index in [1.807, 2.05) is 0 Å². The first-order valence-corrected chi connectivity index (χ1v) is 9.05. The molecule has 18 heavy (non-hydrogen) atoms. The molecule has 1 aliphatic carbocycles. The number of likely N-dealkylation sites (tertiary alicyclic amines) is 1. The van der Waals surface area contributed by atoms with Gasteiger partial charge in [-0.3, -0.25) is 4.90 Å². The van der Waals surface area contributed by atoms with Crippen molar-refractivity contribution in [3.8, 4) is 0 Å². The Bertz CT molecular complexity index is 233. The normalized spacial score (nSPS) is 31.0. The second-order valence-electron chi connectivity index (χ2n) is 5.87. The summed E-state index contributed by atoms with van der Waals surface area (Å²) in [5.74, 6) is 3.51. The van der Waals surface area contributed by atoms with Gasteiger partial charge in [0.15, 0.2) is 0 Å². The monoisotopic (exact) mass is 270 g/mol. The lowest BCUT2D eigenvalue weighted by atomic mass is 9.77. The summed E-state index contributed by atoms with van der Waals surface area (Å²) >= 11 is 2.06. The highest BCUT2D eigenvalue weighted by molar-refractivity contribution is 7.99. The maximum Gasteiger partial charge on any atom is 0.0229 e. The summed E-state index contributed by atoms with van der Waals surface area (Å²) in [4.78, 5) is 2.80. The van der Waals surface area contributed by atoms with Crippen LogP contribution in [0.3, 0.4) is 0 Å². The minimum Gasteiger partial charge on any atom is -0.329 e. The van der Waals surface area contributed by atoms with Crippen molar-refractivity contribution in [2.75, 3.05) is 24.6 Å². The summed E-state index contributed by atoms with van der Waals surface area (Å²) < 4.78 is 0. The van der Waals surface area contributed by atoms with Crippen molar-refractivity contribution in [2.24, 2.45) is 11.7 Å². The van der Waals surface area contributed by atoms with E-state index >= 15 is 0 Å². The average molecular weight is 270 g/mol. The zero-order valence-corrected chi connectivity index (χ0v) is 12.8. The van der Waals surface area contributed by atoms with Crippen LogP contribution in [0.15, 0.2) is 0 Å². The molecule has 2 N–H and O–H groups in total. The first-order valence-electron chi connectivity index (χ1n) is 7.90. The Morgan fingerprint density at radius 1 is 1.22 bits per heavy atom. The molecule has 1 heterocycles. The van der Waals surface area contributed by atoms with Gasteiger partial charge in [0.05, 0.1) is 0 Å². The summed E-state index contributed by atoms with van der Waals surface area (Å²) in [6, 6.07) is 1.52. The van der Waals surface area contributed by atoms with E-state index in [0.717, 1.165) is 18.5 Å². The Morgan fingerprint density at radius 3 is 2.78 bits per heavy atom. The number of nitrogens with two attached hydrogens (primary N) is 1. The number of rotatable bonds is 6. The number of piperidine rings is 1. The summed E-state index contributed by atoms with van der Waals surface area (Å²) in [5, 5.41) is 0. The Morgan fingerprint density at radius 2 is 2.00 bits per heavy atom. The van der Waals surface area contributed by atoms with Crippen molar-refractivity contribution in [1.29, 1.82) is 0 Å². The summed E-state index contributed by atoms with van der Waals surface area (Å²) in [6.45, 7) is 4.41. The molecule has 0 bridgehead atoms. The van der Waals surface area contributed by atoms with E-state index in [1.165, 1.54) is 63.0 Å². The van der Waals surface area contributed by atoms with Gasteiger partial charge in [0, 0.05) is 18.6 Å². The third kappa shape index (κ3) is 3.64. The summed E-state index contributed by atoms with van der Waals surface area (Å²) in [5.41, 5.74) is 6.06. The zero-order chi connectivity index (χ0) is 12.8. The van der Waals surface area contributed by atoms with Crippen LogP contribution >= 0.6 is 11.8 Å². The van der Waals surface area contributed by atoms with Gasteiger partial charge in [0.2, 0.25) is 0 Å². The number of thioether (sulfide) groups is 1. The van der Waals surface area contributed by atoms with Crippen LogP contribution in [0.25, 0.3) is 0 Å². The highest BCUT2D eigenvalue weighted by Crippen LogP contribution is 2.36. The molecule has 1 unspecified atom stereocenters. The third-order valence-electron chi connectivity index (χ3n) is 4.83. The standard InChI is InChI=1S/C15H30N2S/c1-2-18-11-9-14(12-16)17-10-5-7-13-6-3-4-8-15(13)17/h13-15H,2-12,16H2,1H3/t13-,14?,15-/m1/s1. The van der Waals surface area contributed by atoms with Crippen molar-refractivity contribution in [2.45, 2.75) is 64.0 Å². The second-order valence-corrected chi connectivity index (χ2v) is 7.26. The van der Waals surface area contributed by atoms with Crippen LogP contribution in [-0.2, 0) is 0 Å². The maximum atomic E-state index is 6.06. The Labute approximate surface area is 117 Å². The first kappa shape index (κ1) is 14.7. The maximum absolute atomic E-state index is 6.06. The molecule has 2 rings (SSSR count). The van der Waals surface area contributed by atoms with Crippen LogP contribution in [0.1, 0.15) is 51.9 Å². The van der Waals surface area contributed by atoms with Crippen LogP contribution in [0, 0.1) is 5.92 Å². The topological polar surface area (TPSA) is 29.3 Å². The minimum atomic E-state index is 0.648. The van der Waals surface area contributed by atoms with Crippen LogP contribution in [0.2, 0.25) is 0 Å². The van der Waals surface area contributed by atoms with E-state index in [1.54, 1.807) is 0 Å². The molecule has 3 atom stereocenters. The molecular formula is C15H30N2S. The molecule has 3 heteroatoms. The molecule has 1 saturated heterocycles. The number of fused-ring (bicyclic) bond motifs is 1. The molecule has 2 aliphatic rings. The summed E-state index contributed by atoms with van der Waals surface area (Å²) in [6.07, 6.45) is 9.98. The van der Waals surface area contributed by atoms with Crippen molar-refractivity contribution < 1.29 is 0 Å². The van der Waals surface area contributed by atoms with Gasteiger partial charge in [-0.15, -0.1) is 0 Å². The molecule has 0 aromatic rings. The third-order valence-corrected chi connectivity index (χ3v) is 5.76. The highest BCUT2D eigenvalue weighted by Gasteiger charge is 2.35. The van der Waals surface area contributed by atoms with Gasteiger partial charge in [-0.2, -0.15) is 11.8 Å². The van der Waals surface area contributed by atoms with Crippen molar-refractivity contribution in [1.82, 2.24) is 4.90 Å². The van der Waals surface area contributed by atoms with Crippen molar-refractivity contribution in [3.05, 3.63) is 0 Å². The van der Waals surface area contributed by atoms with E-state index in [2.05, 4.69) is 23.6 Å². The lowest BCUT2D eigenvalue weighted by Gasteiger charge is -2.47. The SMILES string of the molecule is CCSCCC(CN)N1CCC[C@H]2CCCC[C@H]21. The molecule has 2 nitrogen and oxygen atoms in total. The van der Waals surface area contributed by atoms with E-state index in [0.29, 0.717) is 6.04 Å². The summed E-state index contributed by atoms with van der Waals surface area (Å²) in [7, 11) is 0. The molecule has 0 aromatic heterocycles. The molecule has 0 aromatic carbocycles. The van der Waals surface area contributed by atoms with Gasteiger partial charge in [-0.05, 0) is 56.1 Å². The zero-order valence-electron chi connectivity index (χ0n) is 11.9. The molecule has 2 fully saturated rings. The molecule has 1 saturated carbocycles. The fourth-order valence-corrected chi connectivity index (χ4v) is 4.63. The lowest BCUT2D eigenvalue weighted by Crippen LogP contribution is -2.53. The molecule has 0 spiro atoms. The molecule has 106 valence electrons. The van der Waals surface area contributed by atoms with Crippen LogP contribution in [0.5, 0.6) is 0 Å². The Balaban J connectivity index is 1.90. The molecule has 0 amide bonds. The van der Waals surface area contributed by atoms with Gasteiger partial charge in [-0.1, -0.05) is 19.8 Å². The van der Waals surface area contributed by atoms with Crippen LogP contribution in [-0.4, -0.2) is 41.6 Å². The van der Waals surface area contributed by atoms with E-state index in [4.69, 9.17) is 5.73 Å². The highest BCUT2D eigenvalue weighted by atomic mass is 32.2. The smallest absolute Gasteiger partial charge is 0.0229 e. The number of hydrogen-bond donors (Lipinski definition) is 1. The second kappa shape index (κ2) is 7.76. The van der Waals surface area contributed by atoms with Gasteiger partial charge in [0.25, 0.3) is 0 Å². The van der Waals surface area contributed by atoms with Gasteiger partial charge >= 0.3 is 0 Å². The van der Waals surface area contributed by atoms with Gasteiger partial charge in [-0.25, -0.2) is 0 Å². The molecular weight excluding hydrogens is 240 g/mol. The average Bonchev–Trinajstić information content (AvgIpc) is 2.43. The molecule has 1 aliphatic heterocycles. The minimum absolute atomic E-state index is 0.648. The fourth-order valence-electron chi connectivity index (χ4n) is 3.90. The quantitative estimate of drug-likeness (QED) is 0.752. The fraction of sp³-hybridized carbons (Fsp3) is 1.00. The van der Waals surface area contributed by atoms with E-state index < -0.39 is 0 Å². The van der Waals surface area contributed by atoms with Crippen molar-refractivity contribution in [3.63, 3.8) is 0 Å².